The maximum Gasteiger partial charge on any atom is 0.268 e. The van der Waals surface area contributed by atoms with E-state index >= 15 is 0 Å². The minimum absolute atomic E-state index is 0. The predicted octanol–water partition coefficient (Wildman–Crippen LogP) is 2.11. The van der Waals surface area contributed by atoms with Crippen molar-refractivity contribution in [2.45, 2.75) is 56.9 Å². The van der Waals surface area contributed by atoms with Gasteiger partial charge in [0.1, 0.15) is 10.6 Å². The maximum absolute atomic E-state index is 12.9. The van der Waals surface area contributed by atoms with Crippen LogP contribution in [0.3, 0.4) is 0 Å². The Morgan fingerprint density at radius 3 is 2.56 bits per heavy atom. The number of aromatic nitrogens is 1. The van der Waals surface area contributed by atoms with Crippen molar-refractivity contribution < 1.29 is 13.2 Å². The maximum atomic E-state index is 12.9. The predicted molar refractivity (Wildman–Crippen MR) is 110 cm³/mol. The summed E-state index contributed by atoms with van der Waals surface area (Å²) in [7, 11) is -1.89. The van der Waals surface area contributed by atoms with E-state index < -0.39 is 15.6 Å². The van der Waals surface area contributed by atoms with Gasteiger partial charge in [0.2, 0.25) is 10.0 Å². The molecular formula is C18H33ClN4O3S. The van der Waals surface area contributed by atoms with Gasteiger partial charge < -0.3 is 15.6 Å². The molecule has 0 aliphatic carbocycles. The highest BCUT2D eigenvalue weighted by Gasteiger charge is 2.31. The van der Waals surface area contributed by atoms with Crippen LogP contribution in [0.4, 0.5) is 0 Å². The first-order valence-corrected chi connectivity index (χ1v) is 10.8. The summed E-state index contributed by atoms with van der Waals surface area (Å²) < 4.78 is 28.9. The van der Waals surface area contributed by atoms with Gasteiger partial charge in [0.15, 0.2) is 0 Å². The number of hydrogen-bond donors (Lipinski definition) is 2. The highest BCUT2D eigenvalue weighted by atomic mass is 35.5. The molecule has 27 heavy (non-hydrogen) atoms. The van der Waals surface area contributed by atoms with E-state index in [0.717, 1.165) is 25.7 Å². The summed E-state index contributed by atoms with van der Waals surface area (Å²) in [6.07, 6.45) is 4.93. The normalized spacial score (nSPS) is 18.8. The molecule has 1 amide bonds. The summed E-state index contributed by atoms with van der Waals surface area (Å²) in [5, 5.41) is 2.84. The molecule has 1 aromatic rings. The van der Waals surface area contributed by atoms with Crippen molar-refractivity contribution in [2.24, 2.45) is 18.7 Å². The summed E-state index contributed by atoms with van der Waals surface area (Å²) >= 11 is 0. The fourth-order valence-electron chi connectivity index (χ4n) is 3.26. The van der Waals surface area contributed by atoms with Crippen molar-refractivity contribution in [1.82, 2.24) is 14.2 Å². The monoisotopic (exact) mass is 420 g/mol. The molecule has 1 aliphatic heterocycles. The third-order valence-electron chi connectivity index (χ3n) is 5.48. The van der Waals surface area contributed by atoms with Gasteiger partial charge in [0, 0.05) is 38.4 Å². The van der Waals surface area contributed by atoms with Gasteiger partial charge in [-0.15, -0.1) is 12.4 Å². The van der Waals surface area contributed by atoms with Gasteiger partial charge in [-0.1, -0.05) is 20.8 Å². The first-order chi connectivity index (χ1) is 12.1. The Labute approximate surface area is 169 Å². The molecule has 1 saturated heterocycles. The van der Waals surface area contributed by atoms with Gasteiger partial charge >= 0.3 is 0 Å². The van der Waals surface area contributed by atoms with E-state index in [-0.39, 0.29) is 23.2 Å². The van der Waals surface area contributed by atoms with Gasteiger partial charge in [-0.25, -0.2) is 8.42 Å². The minimum atomic E-state index is -3.57. The Morgan fingerprint density at radius 1 is 1.37 bits per heavy atom. The molecule has 0 saturated carbocycles. The van der Waals surface area contributed by atoms with Crippen molar-refractivity contribution in [3.8, 4) is 0 Å². The highest BCUT2D eigenvalue weighted by Crippen LogP contribution is 2.24. The number of piperidine rings is 1. The minimum Gasteiger partial charge on any atom is -0.349 e. The lowest BCUT2D eigenvalue weighted by atomic mass is 9.94. The van der Waals surface area contributed by atoms with Crippen molar-refractivity contribution in [1.29, 1.82) is 0 Å². The third kappa shape index (κ3) is 5.47. The molecule has 7 nitrogen and oxygen atoms in total. The van der Waals surface area contributed by atoms with E-state index in [1.54, 1.807) is 11.6 Å². The molecule has 3 N–H and O–H groups in total. The number of rotatable bonds is 7. The Balaban J connectivity index is 0.00000364. The van der Waals surface area contributed by atoms with Crippen LogP contribution in [0.5, 0.6) is 0 Å². The van der Waals surface area contributed by atoms with Crippen molar-refractivity contribution in [3.63, 3.8) is 0 Å². The number of nitrogens with one attached hydrogen (secondary N) is 1. The number of nitrogens with two attached hydrogens (primary N) is 1. The second-order valence-corrected chi connectivity index (χ2v) is 9.47. The Morgan fingerprint density at radius 2 is 2.00 bits per heavy atom. The average molecular weight is 421 g/mol. The fourth-order valence-corrected chi connectivity index (χ4v) is 4.93. The molecule has 0 aromatic carbocycles. The van der Waals surface area contributed by atoms with E-state index in [9.17, 15) is 13.2 Å². The molecular weight excluding hydrogens is 388 g/mol. The zero-order valence-electron chi connectivity index (χ0n) is 16.7. The summed E-state index contributed by atoms with van der Waals surface area (Å²) in [6, 6.07) is 1.46. The molecule has 1 aliphatic rings. The summed E-state index contributed by atoms with van der Waals surface area (Å²) in [4.78, 5) is 12.7. The molecule has 9 heteroatoms. The SMILES string of the molecule is CCC(N)(CC)CNC(=O)c1cc(S(=O)(=O)N2CCCC(C)C2)cn1C.Cl. The van der Waals surface area contributed by atoms with Crippen LogP contribution in [-0.2, 0) is 17.1 Å². The highest BCUT2D eigenvalue weighted by molar-refractivity contribution is 7.89. The lowest BCUT2D eigenvalue weighted by molar-refractivity contribution is 0.0934. The summed E-state index contributed by atoms with van der Waals surface area (Å²) in [5.41, 5.74) is 6.10. The van der Waals surface area contributed by atoms with Crippen LogP contribution in [0.2, 0.25) is 0 Å². The van der Waals surface area contributed by atoms with Gasteiger partial charge in [-0.05, 0) is 37.7 Å². The first-order valence-electron chi connectivity index (χ1n) is 9.36. The smallest absolute Gasteiger partial charge is 0.268 e. The molecule has 1 aromatic heterocycles. The zero-order chi connectivity index (χ0) is 19.5. The third-order valence-corrected chi connectivity index (χ3v) is 7.31. The van der Waals surface area contributed by atoms with Gasteiger partial charge in [-0.2, -0.15) is 4.31 Å². The molecule has 1 fully saturated rings. The van der Waals surface area contributed by atoms with E-state index in [2.05, 4.69) is 12.2 Å². The lowest BCUT2D eigenvalue weighted by Crippen LogP contribution is -2.49. The molecule has 1 atom stereocenters. The molecule has 0 spiro atoms. The Bertz CT molecular complexity index is 744. The van der Waals surface area contributed by atoms with E-state index in [1.165, 1.54) is 16.6 Å². The zero-order valence-corrected chi connectivity index (χ0v) is 18.3. The molecule has 2 heterocycles. The Kier molecular flexibility index (Phi) is 8.34. The number of hydrogen-bond acceptors (Lipinski definition) is 4. The Hall–Kier alpha value is -1.09. The van der Waals surface area contributed by atoms with Crippen LogP contribution >= 0.6 is 12.4 Å². The summed E-state index contributed by atoms with van der Waals surface area (Å²) in [6.45, 7) is 7.46. The van der Waals surface area contributed by atoms with Crippen LogP contribution in [-0.4, -0.2) is 48.4 Å². The van der Waals surface area contributed by atoms with Crippen LogP contribution in [0.1, 0.15) is 56.9 Å². The molecule has 2 rings (SSSR count). The van der Waals surface area contributed by atoms with Crippen molar-refractivity contribution in [2.75, 3.05) is 19.6 Å². The molecule has 0 radical (unpaired) electrons. The summed E-state index contributed by atoms with van der Waals surface area (Å²) in [5.74, 6) is 0.0449. The number of aryl methyl sites for hydroxylation is 1. The molecule has 156 valence electrons. The largest absolute Gasteiger partial charge is 0.349 e. The average Bonchev–Trinajstić information content (AvgIpc) is 3.02. The van der Waals surface area contributed by atoms with Crippen LogP contribution in [0, 0.1) is 5.92 Å². The number of halogens is 1. The van der Waals surface area contributed by atoms with E-state index in [4.69, 9.17) is 5.73 Å². The standard InChI is InChI=1S/C18H32N4O3S.ClH/c1-5-18(19,6-2)13-20-17(23)16-10-15(12-21(16)4)26(24,25)22-9-7-8-14(3)11-22;/h10,12,14H,5-9,11,13,19H2,1-4H3,(H,20,23);1H. The van der Waals surface area contributed by atoms with Gasteiger partial charge in [0.05, 0.1) is 0 Å². The van der Waals surface area contributed by atoms with Gasteiger partial charge in [0.25, 0.3) is 5.91 Å². The number of carbonyl (C=O) groups is 1. The quantitative estimate of drug-likeness (QED) is 0.705. The lowest BCUT2D eigenvalue weighted by Gasteiger charge is -2.29. The van der Waals surface area contributed by atoms with Crippen LogP contribution in [0.15, 0.2) is 17.2 Å². The first kappa shape index (κ1) is 23.9. The topological polar surface area (TPSA) is 97.4 Å². The van der Waals surface area contributed by atoms with Crippen molar-refractivity contribution >= 4 is 28.3 Å². The molecule has 1 unspecified atom stereocenters. The van der Waals surface area contributed by atoms with Crippen LogP contribution in [0.25, 0.3) is 0 Å². The number of amides is 1. The second kappa shape index (κ2) is 9.41. The van der Waals surface area contributed by atoms with Gasteiger partial charge in [-0.3, -0.25) is 4.79 Å². The molecule has 0 bridgehead atoms. The number of sulfonamides is 1. The fraction of sp³-hybridized carbons (Fsp3) is 0.722. The van der Waals surface area contributed by atoms with E-state index in [0.29, 0.717) is 31.2 Å². The number of carbonyl (C=O) groups excluding carboxylic acids is 1. The van der Waals surface area contributed by atoms with E-state index in [1.807, 2.05) is 13.8 Å². The van der Waals surface area contributed by atoms with Crippen molar-refractivity contribution in [3.05, 3.63) is 18.0 Å². The second-order valence-electron chi connectivity index (χ2n) is 7.53. The number of nitrogens with zero attached hydrogens (tertiary/aromatic N) is 2. The van der Waals surface area contributed by atoms with Crippen LogP contribution < -0.4 is 11.1 Å².